The Hall–Kier alpha value is -1.46. The summed E-state index contributed by atoms with van der Waals surface area (Å²) >= 11 is 6.29. The van der Waals surface area contributed by atoms with Crippen molar-refractivity contribution in [2.24, 2.45) is 0 Å². The summed E-state index contributed by atoms with van der Waals surface area (Å²) in [4.78, 5) is 12.8. The third-order valence-corrected chi connectivity index (χ3v) is 3.55. The van der Waals surface area contributed by atoms with Gasteiger partial charge >= 0.3 is 5.97 Å². The first-order valence-electron chi connectivity index (χ1n) is 7.41. The van der Waals surface area contributed by atoms with E-state index in [1.54, 1.807) is 24.9 Å². The van der Waals surface area contributed by atoms with Crippen LogP contribution in [-0.2, 0) is 11.3 Å². The molecule has 22 heavy (non-hydrogen) atoms. The fraction of sp³-hybridized carbons (Fsp3) is 0.562. The number of nitrogens with zero attached hydrogens (tertiary/aromatic N) is 1. The maximum atomic E-state index is 11.0. The molecule has 1 unspecified atom stereocenters. The van der Waals surface area contributed by atoms with Crippen LogP contribution in [0.15, 0.2) is 12.1 Å². The Labute approximate surface area is 136 Å². The van der Waals surface area contributed by atoms with Crippen molar-refractivity contribution < 1.29 is 19.4 Å². The highest BCUT2D eigenvalue weighted by Crippen LogP contribution is 2.37. The Morgan fingerprint density at radius 1 is 1.36 bits per heavy atom. The predicted molar refractivity (Wildman–Crippen MR) is 87.0 cm³/mol. The summed E-state index contributed by atoms with van der Waals surface area (Å²) < 4.78 is 11.3. The van der Waals surface area contributed by atoms with E-state index in [0.717, 1.165) is 12.0 Å². The number of hydrogen-bond donors (Lipinski definition) is 1. The third-order valence-electron chi connectivity index (χ3n) is 3.27. The zero-order valence-corrected chi connectivity index (χ0v) is 14.3. The van der Waals surface area contributed by atoms with Gasteiger partial charge in [-0.2, -0.15) is 0 Å². The monoisotopic (exact) mass is 329 g/mol. The van der Waals surface area contributed by atoms with Gasteiger partial charge in [0, 0.05) is 6.54 Å². The van der Waals surface area contributed by atoms with E-state index in [1.807, 2.05) is 19.9 Å². The fourth-order valence-electron chi connectivity index (χ4n) is 1.93. The summed E-state index contributed by atoms with van der Waals surface area (Å²) in [5.74, 6) is 0.277. The standard InChI is InChI=1S/C16H24ClNO4/c1-5-7-22-15-13(17)8-12(9-14(15)21-6-2)10-18(4)11(3)16(19)20/h8-9,11H,5-7,10H2,1-4H3,(H,19,20). The first-order chi connectivity index (χ1) is 10.4. The molecule has 0 aliphatic rings. The number of benzene rings is 1. The Balaban J connectivity index is 2.99. The van der Waals surface area contributed by atoms with E-state index in [0.29, 0.717) is 36.3 Å². The predicted octanol–water partition coefficient (Wildman–Crippen LogP) is 3.43. The average molecular weight is 330 g/mol. The summed E-state index contributed by atoms with van der Waals surface area (Å²) in [5.41, 5.74) is 0.882. The van der Waals surface area contributed by atoms with Crippen LogP contribution in [0.1, 0.15) is 32.8 Å². The van der Waals surface area contributed by atoms with E-state index in [1.165, 1.54) is 0 Å². The lowest BCUT2D eigenvalue weighted by Crippen LogP contribution is -2.35. The van der Waals surface area contributed by atoms with Gasteiger partial charge in [0.1, 0.15) is 6.04 Å². The second kappa shape index (κ2) is 8.86. The molecule has 0 aromatic heterocycles. The summed E-state index contributed by atoms with van der Waals surface area (Å²) in [5, 5.41) is 9.53. The van der Waals surface area contributed by atoms with E-state index < -0.39 is 12.0 Å². The van der Waals surface area contributed by atoms with Gasteiger partial charge in [0.25, 0.3) is 0 Å². The van der Waals surface area contributed by atoms with Crippen LogP contribution in [0.3, 0.4) is 0 Å². The molecule has 1 aromatic carbocycles. The van der Waals surface area contributed by atoms with Gasteiger partial charge in [-0.1, -0.05) is 18.5 Å². The lowest BCUT2D eigenvalue weighted by molar-refractivity contribution is -0.142. The molecule has 0 bridgehead atoms. The van der Waals surface area contributed by atoms with Crippen molar-refractivity contribution in [3.05, 3.63) is 22.7 Å². The zero-order valence-electron chi connectivity index (χ0n) is 13.6. The molecule has 0 saturated carbocycles. The molecule has 6 heteroatoms. The number of hydrogen-bond acceptors (Lipinski definition) is 4. The highest BCUT2D eigenvalue weighted by atomic mass is 35.5. The van der Waals surface area contributed by atoms with Crippen molar-refractivity contribution in [1.29, 1.82) is 0 Å². The first-order valence-corrected chi connectivity index (χ1v) is 7.79. The average Bonchev–Trinajstić information content (AvgIpc) is 2.45. The number of ether oxygens (including phenoxy) is 2. The van der Waals surface area contributed by atoms with E-state index in [9.17, 15) is 4.79 Å². The second-order valence-corrected chi connectivity index (χ2v) is 5.52. The molecule has 0 aliphatic carbocycles. The molecule has 0 saturated heterocycles. The molecule has 1 atom stereocenters. The van der Waals surface area contributed by atoms with E-state index in [4.69, 9.17) is 26.2 Å². The van der Waals surface area contributed by atoms with Crippen LogP contribution < -0.4 is 9.47 Å². The SMILES string of the molecule is CCCOc1c(Cl)cc(CN(C)C(C)C(=O)O)cc1OCC. The Kier molecular flexibility index (Phi) is 7.48. The molecule has 0 radical (unpaired) electrons. The van der Waals surface area contributed by atoms with Crippen molar-refractivity contribution in [3.63, 3.8) is 0 Å². The molecule has 1 N–H and O–H groups in total. The second-order valence-electron chi connectivity index (χ2n) is 5.12. The molecule has 124 valence electrons. The quantitative estimate of drug-likeness (QED) is 0.752. The van der Waals surface area contributed by atoms with Gasteiger partial charge in [0.2, 0.25) is 0 Å². The zero-order chi connectivity index (χ0) is 16.7. The highest BCUT2D eigenvalue weighted by molar-refractivity contribution is 6.32. The fourth-order valence-corrected chi connectivity index (χ4v) is 2.22. The van der Waals surface area contributed by atoms with E-state index >= 15 is 0 Å². The highest BCUT2D eigenvalue weighted by Gasteiger charge is 2.19. The minimum atomic E-state index is -0.860. The van der Waals surface area contributed by atoms with Gasteiger partial charge in [-0.3, -0.25) is 9.69 Å². The number of carboxylic acids is 1. The maximum Gasteiger partial charge on any atom is 0.320 e. The van der Waals surface area contributed by atoms with Crippen LogP contribution in [0.2, 0.25) is 5.02 Å². The summed E-state index contributed by atoms with van der Waals surface area (Å²) in [6, 6.07) is 3.07. The van der Waals surface area contributed by atoms with Crippen LogP contribution in [-0.4, -0.2) is 42.3 Å². The third kappa shape index (κ3) is 5.07. The lowest BCUT2D eigenvalue weighted by atomic mass is 10.1. The smallest absolute Gasteiger partial charge is 0.320 e. The van der Waals surface area contributed by atoms with Crippen LogP contribution in [0.4, 0.5) is 0 Å². The largest absolute Gasteiger partial charge is 0.490 e. The van der Waals surface area contributed by atoms with Crippen molar-refractivity contribution in [2.45, 2.75) is 39.8 Å². The number of rotatable bonds is 9. The van der Waals surface area contributed by atoms with E-state index in [-0.39, 0.29) is 0 Å². The van der Waals surface area contributed by atoms with Crippen LogP contribution >= 0.6 is 11.6 Å². The van der Waals surface area contributed by atoms with E-state index in [2.05, 4.69) is 0 Å². The van der Waals surface area contributed by atoms with Crippen LogP contribution in [0, 0.1) is 0 Å². The van der Waals surface area contributed by atoms with Crippen LogP contribution in [0.5, 0.6) is 11.5 Å². The van der Waals surface area contributed by atoms with Crippen LogP contribution in [0.25, 0.3) is 0 Å². The molecular weight excluding hydrogens is 306 g/mol. The Morgan fingerprint density at radius 2 is 2.05 bits per heavy atom. The number of likely N-dealkylation sites (N-methyl/N-ethyl adjacent to an activating group) is 1. The minimum Gasteiger partial charge on any atom is -0.490 e. The summed E-state index contributed by atoms with van der Waals surface area (Å²) in [6.45, 7) is 7.08. The molecule has 0 spiro atoms. The molecule has 0 heterocycles. The molecule has 5 nitrogen and oxygen atoms in total. The van der Waals surface area contributed by atoms with Gasteiger partial charge in [-0.15, -0.1) is 0 Å². The molecule has 1 rings (SSSR count). The summed E-state index contributed by atoms with van der Waals surface area (Å²) in [6.07, 6.45) is 0.877. The van der Waals surface area contributed by atoms with Gasteiger partial charge < -0.3 is 14.6 Å². The van der Waals surface area contributed by atoms with Gasteiger partial charge in [-0.05, 0) is 45.0 Å². The minimum absolute atomic E-state index is 0.460. The molecule has 0 fully saturated rings. The van der Waals surface area contributed by atoms with Crippen molar-refractivity contribution in [3.8, 4) is 11.5 Å². The molecule has 0 amide bonds. The Bertz CT molecular complexity index is 507. The molecule has 0 aliphatic heterocycles. The van der Waals surface area contributed by atoms with Crippen molar-refractivity contribution >= 4 is 17.6 Å². The van der Waals surface area contributed by atoms with Crippen molar-refractivity contribution in [1.82, 2.24) is 4.90 Å². The maximum absolute atomic E-state index is 11.0. The summed E-state index contributed by atoms with van der Waals surface area (Å²) in [7, 11) is 1.76. The number of carboxylic acid groups (broad SMARTS) is 1. The Morgan fingerprint density at radius 3 is 2.59 bits per heavy atom. The number of aliphatic carboxylic acids is 1. The molecule has 1 aromatic rings. The van der Waals surface area contributed by atoms with Gasteiger partial charge in [0.05, 0.1) is 18.2 Å². The first kappa shape index (κ1) is 18.6. The number of carbonyl (C=O) groups is 1. The molecular formula is C16H24ClNO4. The lowest BCUT2D eigenvalue weighted by Gasteiger charge is -2.22. The topological polar surface area (TPSA) is 59.0 Å². The normalized spacial score (nSPS) is 12.3. The van der Waals surface area contributed by atoms with Crippen molar-refractivity contribution in [2.75, 3.05) is 20.3 Å². The van der Waals surface area contributed by atoms with Gasteiger partial charge in [-0.25, -0.2) is 0 Å². The van der Waals surface area contributed by atoms with Gasteiger partial charge in [0.15, 0.2) is 11.5 Å². The number of halogens is 1.